The van der Waals surface area contributed by atoms with Gasteiger partial charge >= 0.3 is 0 Å². The van der Waals surface area contributed by atoms with Crippen molar-refractivity contribution in [2.75, 3.05) is 18.6 Å². The monoisotopic (exact) mass is 338 g/mol. The van der Waals surface area contributed by atoms with E-state index in [2.05, 4.69) is 20.7 Å². The van der Waals surface area contributed by atoms with E-state index in [-0.39, 0.29) is 4.90 Å². The molecular weight excluding hydrogens is 324 g/mol. The fourth-order valence-electron chi connectivity index (χ4n) is 1.24. The van der Waals surface area contributed by atoms with Crippen LogP contribution in [0.3, 0.4) is 0 Å². The Kier molecular flexibility index (Phi) is 5.94. The van der Waals surface area contributed by atoms with Gasteiger partial charge in [0.1, 0.15) is 0 Å². The van der Waals surface area contributed by atoms with Crippen molar-refractivity contribution >= 4 is 37.7 Å². The minimum Gasteiger partial charge on any atom is -0.326 e. The number of thioether (sulfide) groups is 1. The Bertz CT molecular complexity index is 477. The van der Waals surface area contributed by atoms with Gasteiger partial charge in [-0.05, 0) is 39.9 Å². The molecule has 0 bridgehead atoms. The van der Waals surface area contributed by atoms with Gasteiger partial charge in [-0.3, -0.25) is 0 Å². The zero-order valence-corrected chi connectivity index (χ0v) is 12.7. The summed E-state index contributed by atoms with van der Waals surface area (Å²) in [5, 5.41) is 0. The van der Waals surface area contributed by atoms with Gasteiger partial charge in [-0.2, -0.15) is 11.8 Å². The average Bonchev–Trinajstić information content (AvgIpc) is 2.29. The second kappa shape index (κ2) is 6.75. The normalized spacial score (nSPS) is 11.7. The molecule has 4 nitrogen and oxygen atoms in total. The quantitative estimate of drug-likeness (QED) is 0.772. The van der Waals surface area contributed by atoms with E-state index in [1.54, 1.807) is 30.0 Å². The second-order valence-corrected chi connectivity index (χ2v) is 6.93. The standard InChI is InChI=1S/C10H15BrN2O2S2/c1-16-5-4-13-17(14,15)10-6-8(7-12)2-3-9(10)11/h2-3,6,13H,4-5,7,12H2,1H3. The zero-order valence-electron chi connectivity index (χ0n) is 9.44. The largest absolute Gasteiger partial charge is 0.326 e. The molecule has 1 rings (SSSR count). The number of hydrogen-bond donors (Lipinski definition) is 2. The molecular formula is C10H15BrN2O2S2. The summed E-state index contributed by atoms with van der Waals surface area (Å²) in [5.74, 6) is 0.743. The Hall–Kier alpha value is -0.0800. The summed E-state index contributed by atoms with van der Waals surface area (Å²) in [6.45, 7) is 0.739. The molecule has 0 aromatic heterocycles. The van der Waals surface area contributed by atoms with Crippen molar-refractivity contribution < 1.29 is 8.42 Å². The number of hydrogen-bond acceptors (Lipinski definition) is 4. The van der Waals surface area contributed by atoms with E-state index in [0.29, 0.717) is 17.6 Å². The van der Waals surface area contributed by atoms with E-state index in [9.17, 15) is 8.42 Å². The molecule has 0 radical (unpaired) electrons. The van der Waals surface area contributed by atoms with Crippen LogP contribution in [0.4, 0.5) is 0 Å². The maximum atomic E-state index is 12.0. The van der Waals surface area contributed by atoms with Crippen molar-refractivity contribution in [1.29, 1.82) is 0 Å². The van der Waals surface area contributed by atoms with Gasteiger partial charge in [0.2, 0.25) is 10.0 Å². The Morgan fingerprint density at radius 3 is 2.76 bits per heavy atom. The van der Waals surface area contributed by atoms with Crippen LogP contribution in [0.15, 0.2) is 27.6 Å². The molecule has 0 fully saturated rings. The van der Waals surface area contributed by atoms with Crippen molar-refractivity contribution in [3.8, 4) is 0 Å². The van der Waals surface area contributed by atoms with Crippen molar-refractivity contribution in [3.05, 3.63) is 28.2 Å². The zero-order chi connectivity index (χ0) is 12.9. The van der Waals surface area contributed by atoms with Crippen LogP contribution in [0.1, 0.15) is 5.56 Å². The predicted octanol–water partition coefficient (Wildman–Crippen LogP) is 1.55. The average molecular weight is 339 g/mol. The molecule has 3 N–H and O–H groups in total. The molecule has 0 saturated carbocycles. The predicted molar refractivity (Wildman–Crippen MR) is 75.6 cm³/mol. The van der Waals surface area contributed by atoms with Gasteiger partial charge in [0.15, 0.2) is 0 Å². The maximum Gasteiger partial charge on any atom is 0.241 e. The summed E-state index contributed by atoms with van der Waals surface area (Å²) < 4.78 is 27.1. The highest BCUT2D eigenvalue weighted by Crippen LogP contribution is 2.22. The number of nitrogens with one attached hydrogen (secondary N) is 1. The van der Waals surface area contributed by atoms with E-state index in [1.165, 1.54) is 0 Å². The van der Waals surface area contributed by atoms with E-state index < -0.39 is 10.0 Å². The van der Waals surface area contributed by atoms with Crippen LogP contribution in [0.5, 0.6) is 0 Å². The van der Waals surface area contributed by atoms with Gasteiger partial charge in [-0.1, -0.05) is 6.07 Å². The van der Waals surface area contributed by atoms with Crippen molar-refractivity contribution in [2.24, 2.45) is 5.73 Å². The summed E-state index contributed by atoms with van der Waals surface area (Å²) in [6, 6.07) is 5.09. The molecule has 0 atom stereocenters. The van der Waals surface area contributed by atoms with Gasteiger partial charge in [0, 0.05) is 23.3 Å². The third-order valence-electron chi connectivity index (χ3n) is 2.12. The highest BCUT2D eigenvalue weighted by Gasteiger charge is 2.17. The lowest BCUT2D eigenvalue weighted by molar-refractivity contribution is 0.583. The molecule has 1 aromatic rings. The van der Waals surface area contributed by atoms with Gasteiger partial charge in [0.05, 0.1) is 4.90 Å². The lowest BCUT2D eigenvalue weighted by Crippen LogP contribution is -2.26. The third kappa shape index (κ3) is 4.26. The Morgan fingerprint density at radius 2 is 2.18 bits per heavy atom. The van der Waals surface area contributed by atoms with Gasteiger partial charge in [0.25, 0.3) is 0 Å². The van der Waals surface area contributed by atoms with Gasteiger partial charge < -0.3 is 5.73 Å². The van der Waals surface area contributed by atoms with E-state index >= 15 is 0 Å². The van der Waals surface area contributed by atoms with Crippen molar-refractivity contribution in [2.45, 2.75) is 11.4 Å². The molecule has 0 spiro atoms. The van der Waals surface area contributed by atoms with Gasteiger partial charge in [-0.15, -0.1) is 0 Å². The topological polar surface area (TPSA) is 72.2 Å². The summed E-state index contributed by atoms with van der Waals surface area (Å²) in [4.78, 5) is 0.238. The first-order valence-corrected chi connectivity index (χ1v) is 8.65. The molecule has 0 aliphatic rings. The fourth-order valence-corrected chi connectivity index (χ4v) is 3.72. The van der Waals surface area contributed by atoms with E-state index in [4.69, 9.17) is 5.73 Å². The number of sulfonamides is 1. The second-order valence-electron chi connectivity index (χ2n) is 3.36. The van der Waals surface area contributed by atoms with Crippen LogP contribution < -0.4 is 10.5 Å². The van der Waals surface area contributed by atoms with Crippen LogP contribution in [0, 0.1) is 0 Å². The summed E-state index contributed by atoms with van der Waals surface area (Å²) in [5.41, 5.74) is 6.29. The molecule has 1 aromatic carbocycles. The first-order chi connectivity index (χ1) is 8.01. The number of benzene rings is 1. The molecule has 0 aliphatic carbocycles. The SMILES string of the molecule is CSCCNS(=O)(=O)c1cc(CN)ccc1Br. The minimum absolute atomic E-state index is 0.238. The summed E-state index contributed by atoms with van der Waals surface area (Å²) in [6.07, 6.45) is 1.93. The highest BCUT2D eigenvalue weighted by atomic mass is 79.9. The summed E-state index contributed by atoms with van der Waals surface area (Å²) in [7, 11) is -3.46. The number of nitrogens with two attached hydrogens (primary N) is 1. The van der Waals surface area contributed by atoms with E-state index in [0.717, 1.165) is 11.3 Å². The lowest BCUT2D eigenvalue weighted by atomic mass is 10.2. The van der Waals surface area contributed by atoms with Crippen molar-refractivity contribution in [1.82, 2.24) is 4.72 Å². The smallest absolute Gasteiger partial charge is 0.241 e. The molecule has 0 amide bonds. The van der Waals surface area contributed by atoms with Crippen LogP contribution >= 0.6 is 27.7 Å². The molecule has 7 heteroatoms. The molecule has 96 valence electrons. The molecule has 0 saturated heterocycles. The fraction of sp³-hybridized carbons (Fsp3) is 0.400. The van der Waals surface area contributed by atoms with E-state index in [1.807, 2.05) is 6.26 Å². The Balaban J connectivity index is 2.97. The van der Waals surface area contributed by atoms with Crippen LogP contribution in [-0.4, -0.2) is 27.0 Å². The number of halogens is 1. The lowest BCUT2D eigenvalue weighted by Gasteiger charge is -2.09. The highest BCUT2D eigenvalue weighted by molar-refractivity contribution is 9.10. The maximum absolute atomic E-state index is 12.0. The third-order valence-corrected chi connectivity index (χ3v) is 5.19. The van der Waals surface area contributed by atoms with Crippen LogP contribution in [0.25, 0.3) is 0 Å². The molecule has 0 unspecified atom stereocenters. The Morgan fingerprint density at radius 1 is 1.47 bits per heavy atom. The van der Waals surface area contributed by atoms with Crippen molar-refractivity contribution in [3.63, 3.8) is 0 Å². The minimum atomic E-state index is -3.46. The summed E-state index contributed by atoms with van der Waals surface area (Å²) >= 11 is 4.83. The van der Waals surface area contributed by atoms with Gasteiger partial charge in [-0.25, -0.2) is 13.1 Å². The first kappa shape index (κ1) is 15.0. The molecule has 0 heterocycles. The van der Waals surface area contributed by atoms with Crippen LogP contribution in [-0.2, 0) is 16.6 Å². The first-order valence-electron chi connectivity index (χ1n) is 4.98. The number of rotatable bonds is 6. The molecule has 0 aliphatic heterocycles. The molecule has 17 heavy (non-hydrogen) atoms. The Labute approximate surface area is 115 Å². The van der Waals surface area contributed by atoms with Crippen LogP contribution in [0.2, 0.25) is 0 Å².